The van der Waals surface area contributed by atoms with E-state index in [9.17, 15) is 0 Å². The third-order valence-electron chi connectivity index (χ3n) is 5.65. The van der Waals surface area contributed by atoms with Crippen LogP contribution < -0.4 is 10.1 Å². The van der Waals surface area contributed by atoms with Gasteiger partial charge in [0.25, 0.3) is 0 Å². The van der Waals surface area contributed by atoms with E-state index in [-0.39, 0.29) is 6.10 Å². The second-order valence-corrected chi connectivity index (χ2v) is 10.4. The van der Waals surface area contributed by atoms with Crippen LogP contribution >= 0.6 is 33.9 Å². The predicted molar refractivity (Wildman–Crippen MR) is 138 cm³/mol. The third-order valence-corrected chi connectivity index (χ3v) is 7.58. The predicted octanol–water partition coefficient (Wildman–Crippen LogP) is 6.37. The normalized spacial score (nSPS) is 15.3. The molecule has 2 aromatic heterocycles. The van der Waals surface area contributed by atoms with Gasteiger partial charge in [0.2, 0.25) is 0 Å². The van der Waals surface area contributed by atoms with Gasteiger partial charge < -0.3 is 15.0 Å². The molecule has 1 aliphatic carbocycles. The van der Waals surface area contributed by atoms with Crippen LogP contribution in [0.3, 0.4) is 0 Å². The zero-order chi connectivity index (χ0) is 22.1. The number of nitrogens with zero attached hydrogens (tertiary/aromatic N) is 2. The van der Waals surface area contributed by atoms with Gasteiger partial charge in [0.1, 0.15) is 16.6 Å². The summed E-state index contributed by atoms with van der Waals surface area (Å²) in [5.41, 5.74) is 5.28. The maximum Gasteiger partial charge on any atom is 0.133 e. The van der Waals surface area contributed by atoms with E-state index in [0.29, 0.717) is 6.04 Å². The average molecular weight is 556 g/mol. The SMILES string of the molecule is CC(C)Oc1ccc(-c2ncc(-c3cccc4c3CC[C@@H]4NCc3ncc[nH]3)s2)cc1I. The lowest BCUT2D eigenvalue weighted by molar-refractivity contribution is 0.240. The van der Waals surface area contributed by atoms with Gasteiger partial charge in [0.15, 0.2) is 0 Å². The van der Waals surface area contributed by atoms with Crippen molar-refractivity contribution in [3.63, 3.8) is 0 Å². The molecule has 2 N–H and O–H groups in total. The molecule has 2 heterocycles. The number of benzene rings is 2. The molecule has 1 aliphatic rings. The Labute approximate surface area is 205 Å². The number of H-pyrrole nitrogens is 1. The molecule has 7 heteroatoms. The molecule has 0 spiro atoms. The molecule has 4 aromatic rings. The number of fused-ring (bicyclic) bond motifs is 1. The van der Waals surface area contributed by atoms with Crippen LogP contribution in [-0.2, 0) is 13.0 Å². The average Bonchev–Trinajstić information content (AvgIpc) is 3.54. The molecule has 5 rings (SSSR count). The standard InChI is InChI=1S/C25H25IN4OS/c1-15(2)31-22-9-6-16(12-20(22)26)25-30-13-23(32-25)19-5-3-4-18-17(19)7-8-21(18)29-14-24-27-10-11-28-24/h3-6,9-13,15,21,29H,7-8,14H2,1-2H3,(H,27,28)/t21-/m0/s1. The second-order valence-electron chi connectivity index (χ2n) is 8.22. The van der Waals surface area contributed by atoms with E-state index in [1.807, 2.05) is 32.3 Å². The second kappa shape index (κ2) is 9.33. The van der Waals surface area contributed by atoms with E-state index >= 15 is 0 Å². The first-order valence-corrected chi connectivity index (χ1v) is 12.7. The quantitative estimate of drug-likeness (QED) is 0.260. The summed E-state index contributed by atoms with van der Waals surface area (Å²) in [7, 11) is 0. The fourth-order valence-corrected chi connectivity index (χ4v) is 5.83. The monoisotopic (exact) mass is 556 g/mol. The smallest absolute Gasteiger partial charge is 0.133 e. The zero-order valence-electron chi connectivity index (χ0n) is 18.1. The van der Waals surface area contributed by atoms with Crippen molar-refractivity contribution in [3.05, 3.63) is 75.5 Å². The van der Waals surface area contributed by atoms with Gasteiger partial charge >= 0.3 is 0 Å². The zero-order valence-corrected chi connectivity index (χ0v) is 21.0. The molecule has 1 atom stereocenters. The molecule has 32 heavy (non-hydrogen) atoms. The molecule has 0 bridgehead atoms. The molecule has 0 radical (unpaired) electrons. The summed E-state index contributed by atoms with van der Waals surface area (Å²) in [5, 5.41) is 4.70. The van der Waals surface area contributed by atoms with Crippen molar-refractivity contribution in [1.82, 2.24) is 20.3 Å². The van der Waals surface area contributed by atoms with Gasteiger partial charge in [-0.15, -0.1) is 11.3 Å². The van der Waals surface area contributed by atoms with Crippen molar-refractivity contribution >= 4 is 33.9 Å². The number of rotatable bonds is 7. The lowest BCUT2D eigenvalue weighted by Gasteiger charge is -2.14. The van der Waals surface area contributed by atoms with Gasteiger partial charge in [-0.25, -0.2) is 9.97 Å². The van der Waals surface area contributed by atoms with Crippen molar-refractivity contribution < 1.29 is 4.74 Å². The van der Waals surface area contributed by atoms with Gasteiger partial charge in [0.05, 0.1) is 21.1 Å². The van der Waals surface area contributed by atoms with Crippen LogP contribution in [0.5, 0.6) is 5.75 Å². The van der Waals surface area contributed by atoms with Crippen LogP contribution in [0.2, 0.25) is 0 Å². The number of hydrogen-bond acceptors (Lipinski definition) is 5. The maximum atomic E-state index is 5.88. The number of aromatic nitrogens is 3. The molecule has 0 aliphatic heterocycles. The van der Waals surface area contributed by atoms with Gasteiger partial charge in [-0.1, -0.05) is 18.2 Å². The van der Waals surface area contributed by atoms with Crippen LogP contribution in [0, 0.1) is 3.57 Å². The largest absolute Gasteiger partial charge is 0.490 e. The number of nitrogens with one attached hydrogen (secondary N) is 2. The van der Waals surface area contributed by atoms with Crippen LogP contribution in [0.1, 0.15) is 43.3 Å². The summed E-state index contributed by atoms with van der Waals surface area (Å²) in [6.07, 6.45) is 8.03. The molecule has 0 saturated heterocycles. The van der Waals surface area contributed by atoms with E-state index < -0.39 is 0 Å². The molecule has 0 fully saturated rings. The Kier molecular flexibility index (Phi) is 6.30. The molecule has 0 saturated carbocycles. The Morgan fingerprint density at radius 1 is 1.25 bits per heavy atom. The Hall–Kier alpha value is -2.23. The van der Waals surface area contributed by atoms with E-state index in [0.717, 1.165) is 45.1 Å². The number of halogens is 1. The van der Waals surface area contributed by atoms with E-state index in [2.05, 4.69) is 68.2 Å². The minimum absolute atomic E-state index is 0.165. The molecule has 0 unspecified atom stereocenters. The molecule has 0 amide bonds. The topological polar surface area (TPSA) is 62.8 Å². The summed E-state index contributed by atoms with van der Waals surface area (Å²) in [4.78, 5) is 13.5. The highest BCUT2D eigenvalue weighted by atomic mass is 127. The molecule has 2 aromatic carbocycles. The summed E-state index contributed by atoms with van der Waals surface area (Å²) < 4.78 is 6.99. The lowest BCUT2D eigenvalue weighted by Crippen LogP contribution is -2.19. The summed E-state index contributed by atoms with van der Waals surface area (Å²) >= 11 is 4.10. The summed E-state index contributed by atoms with van der Waals surface area (Å²) in [6, 6.07) is 13.3. The van der Waals surface area contributed by atoms with E-state index in [1.54, 1.807) is 17.5 Å². The highest BCUT2D eigenvalue weighted by Crippen LogP contribution is 2.41. The van der Waals surface area contributed by atoms with Gasteiger partial charge in [-0.2, -0.15) is 0 Å². The highest BCUT2D eigenvalue weighted by molar-refractivity contribution is 14.1. The van der Waals surface area contributed by atoms with Gasteiger partial charge in [-0.05, 0) is 84.2 Å². The fourth-order valence-electron chi connectivity index (χ4n) is 4.23. The number of hydrogen-bond donors (Lipinski definition) is 2. The maximum absolute atomic E-state index is 5.88. The molecule has 5 nitrogen and oxygen atoms in total. The van der Waals surface area contributed by atoms with E-state index in [4.69, 9.17) is 9.72 Å². The van der Waals surface area contributed by atoms with Crippen molar-refractivity contribution in [2.24, 2.45) is 0 Å². The lowest BCUT2D eigenvalue weighted by atomic mass is 10.0. The van der Waals surface area contributed by atoms with Crippen LogP contribution in [0.25, 0.3) is 21.0 Å². The fraction of sp³-hybridized carbons (Fsp3) is 0.280. The Morgan fingerprint density at radius 3 is 2.94 bits per heavy atom. The Bertz CT molecular complexity index is 1220. The first-order valence-electron chi connectivity index (χ1n) is 10.8. The minimum atomic E-state index is 0.165. The van der Waals surface area contributed by atoms with Crippen LogP contribution in [0.4, 0.5) is 0 Å². The highest BCUT2D eigenvalue weighted by Gasteiger charge is 2.25. The van der Waals surface area contributed by atoms with Crippen LogP contribution in [0.15, 0.2) is 55.0 Å². The van der Waals surface area contributed by atoms with Crippen molar-refractivity contribution in [2.45, 2.75) is 45.4 Å². The molecule has 164 valence electrons. The van der Waals surface area contributed by atoms with Crippen molar-refractivity contribution in [3.8, 4) is 26.8 Å². The van der Waals surface area contributed by atoms with Crippen molar-refractivity contribution in [1.29, 1.82) is 0 Å². The number of ether oxygens (including phenoxy) is 1. The van der Waals surface area contributed by atoms with Gasteiger partial charge in [-0.3, -0.25) is 0 Å². The third kappa shape index (κ3) is 4.46. The van der Waals surface area contributed by atoms with E-state index in [1.165, 1.54) is 21.6 Å². The van der Waals surface area contributed by atoms with Crippen molar-refractivity contribution in [2.75, 3.05) is 0 Å². The number of aromatic amines is 1. The molecular weight excluding hydrogens is 531 g/mol. The number of thiazole rings is 1. The minimum Gasteiger partial charge on any atom is -0.490 e. The summed E-state index contributed by atoms with van der Waals surface area (Å²) in [5.74, 6) is 1.90. The first-order chi connectivity index (χ1) is 15.6. The van der Waals surface area contributed by atoms with Crippen LogP contribution in [-0.4, -0.2) is 21.1 Å². The first kappa shape index (κ1) is 21.6. The summed E-state index contributed by atoms with van der Waals surface area (Å²) in [6.45, 7) is 4.85. The molecular formula is C25H25IN4OS. The Morgan fingerprint density at radius 2 is 2.16 bits per heavy atom. The van der Waals surface area contributed by atoms with Gasteiger partial charge in [0, 0.05) is 30.2 Å². The number of imidazole rings is 1. The Balaban J connectivity index is 1.38.